The SMILES string of the molecule is CC(C)NC(=O)[C@]1(C/C=C/c2ccccc2)N=C(c2ccc(OCCCO)cc2)O[C@@H]1c1ccccc1Br. The van der Waals surface area contributed by atoms with Gasteiger partial charge in [0.25, 0.3) is 5.91 Å². The Balaban J connectivity index is 1.74. The summed E-state index contributed by atoms with van der Waals surface area (Å²) in [5.41, 5.74) is 1.43. The smallest absolute Gasteiger partial charge is 0.252 e. The van der Waals surface area contributed by atoms with Crippen molar-refractivity contribution in [3.8, 4) is 5.75 Å². The van der Waals surface area contributed by atoms with Crippen molar-refractivity contribution in [2.75, 3.05) is 13.2 Å². The zero-order valence-electron chi connectivity index (χ0n) is 21.6. The van der Waals surface area contributed by atoms with Gasteiger partial charge in [-0.15, -0.1) is 0 Å². The molecule has 0 unspecified atom stereocenters. The van der Waals surface area contributed by atoms with Gasteiger partial charge in [-0.05, 0) is 49.7 Å². The number of aliphatic hydroxyl groups excluding tert-OH is 1. The third-order valence-corrected chi connectivity index (χ3v) is 6.90. The summed E-state index contributed by atoms with van der Waals surface area (Å²) in [6, 6.07) is 25.1. The zero-order valence-corrected chi connectivity index (χ0v) is 23.2. The number of aliphatic hydroxyl groups is 1. The van der Waals surface area contributed by atoms with E-state index in [0.717, 1.165) is 21.2 Å². The number of rotatable bonds is 11. The lowest BCUT2D eigenvalue weighted by molar-refractivity contribution is -0.129. The molecule has 1 heterocycles. The Labute approximate surface area is 232 Å². The molecule has 1 aliphatic heterocycles. The van der Waals surface area contributed by atoms with E-state index in [9.17, 15) is 4.79 Å². The highest BCUT2D eigenvalue weighted by Gasteiger charge is 2.53. The van der Waals surface area contributed by atoms with Crippen LogP contribution in [-0.4, -0.2) is 41.7 Å². The monoisotopic (exact) mass is 576 g/mol. The highest BCUT2D eigenvalue weighted by Crippen LogP contribution is 2.45. The van der Waals surface area contributed by atoms with E-state index in [1.165, 1.54) is 0 Å². The molecule has 0 aliphatic carbocycles. The first kappa shape index (κ1) is 27.6. The molecule has 4 rings (SSSR count). The molecule has 2 N–H and O–H groups in total. The Morgan fingerprint density at radius 3 is 2.50 bits per heavy atom. The molecule has 0 fully saturated rings. The van der Waals surface area contributed by atoms with Crippen LogP contribution in [0, 0.1) is 0 Å². The van der Waals surface area contributed by atoms with Gasteiger partial charge in [0.1, 0.15) is 5.75 Å². The molecule has 0 saturated carbocycles. The van der Waals surface area contributed by atoms with E-state index in [1.54, 1.807) is 0 Å². The minimum atomic E-state index is -1.22. The number of carbonyl (C=O) groups is 1. The number of nitrogens with zero attached hydrogens (tertiary/aromatic N) is 1. The lowest BCUT2D eigenvalue weighted by Gasteiger charge is -2.31. The van der Waals surface area contributed by atoms with Gasteiger partial charge in [0.2, 0.25) is 5.90 Å². The molecule has 198 valence electrons. The molecule has 1 aliphatic rings. The first-order valence-electron chi connectivity index (χ1n) is 12.8. The van der Waals surface area contributed by atoms with Gasteiger partial charge in [0.15, 0.2) is 11.6 Å². The van der Waals surface area contributed by atoms with Crippen molar-refractivity contribution in [1.82, 2.24) is 5.32 Å². The van der Waals surface area contributed by atoms with Crippen molar-refractivity contribution in [1.29, 1.82) is 0 Å². The molecule has 0 spiro atoms. The highest BCUT2D eigenvalue weighted by molar-refractivity contribution is 9.10. The van der Waals surface area contributed by atoms with Gasteiger partial charge in [-0.3, -0.25) is 4.79 Å². The molecular weight excluding hydrogens is 544 g/mol. The Kier molecular flexibility index (Phi) is 9.37. The Hall–Kier alpha value is -3.42. The maximum absolute atomic E-state index is 13.9. The second kappa shape index (κ2) is 12.9. The van der Waals surface area contributed by atoms with Gasteiger partial charge in [-0.25, -0.2) is 4.99 Å². The van der Waals surface area contributed by atoms with E-state index >= 15 is 0 Å². The fourth-order valence-corrected chi connectivity index (χ4v) is 4.80. The van der Waals surface area contributed by atoms with Crippen LogP contribution in [0.2, 0.25) is 0 Å². The van der Waals surface area contributed by atoms with Gasteiger partial charge in [0.05, 0.1) is 6.61 Å². The molecular formula is C31H33BrN2O4. The van der Waals surface area contributed by atoms with Crippen molar-refractivity contribution >= 4 is 33.8 Å². The van der Waals surface area contributed by atoms with Gasteiger partial charge >= 0.3 is 0 Å². The van der Waals surface area contributed by atoms with E-state index in [2.05, 4.69) is 21.2 Å². The standard InChI is InChI=1S/C31H33BrN2O4/c1-22(2)33-30(36)31(19-8-12-23-10-4-3-5-11-23)28(26-13-6-7-14-27(26)32)38-29(34-31)24-15-17-25(18-16-24)37-21-9-20-35/h3-8,10-18,22,28,35H,9,19-21H2,1-2H3,(H,33,36)/b12-8+/t28-,31-/m1/s1. The molecule has 7 heteroatoms. The summed E-state index contributed by atoms with van der Waals surface area (Å²) in [7, 11) is 0. The number of hydrogen-bond donors (Lipinski definition) is 2. The van der Waals surface area contributed by atoms with Crippen LogP contribution in [-0.2, 0) is 9.53 Å². The number of hydrogen-bond acceptors (Lipinski definition) is 5. The molecule has 0 radical (unpaired) electrons. The van der Waals surface area contributed by atoms with Gasteiger partial charge < -0.3 is 19.9 Å². The number of benzene rings is 3. The van der Waals surface area contributed by atoms with Crippen LogP contribution >= 0.6 is 15.9 Å². The maximum atomic E-state index is 13.9. The van der Waals surface area contributed by atoms with Gasteiger partial charge in [-0.2, -0.15) is 0 Å². The molecule has 0 bridgehead atoms. The van der Waals surface area contributed by atoms with Gasteiger partial charge in [0, 0.05) is 41.1 Å². The van der Waals surface area contributed by atoms with Gasteiger partial charge in [-0.1, -0.05) is 76.6 Å². The van der Waals surface area contributed by atoms with Crippen molar-refractivity contribution in [3.63, 3.8) is 0 Å². The Morgan fingerprint density at radius 1 is 1.11 bits per heavy atom. The predicted molar refractivity (Wildman–Crippen MR) is 154 cm³/mol. The summed E-state index contributed by atoms with van der Waals surface area (Å²) in [4.78, 5) is 18.9. The molecule has 0 aromatic heterocycles. The third-order valence-electron chi connectivity index (χ3n) is 6.18. The largest absolute Gasteiger partial charge is 0.494 e. The highest BCUT2D eigenvalue weighted by atomic mass is 79.9. The summed E-state index contributed by atoms with van der Waals surface area (Å²) < 4.78 is 13.0. The zero-order chi connectivity index (χ0) is 27.0. The average Bonchev–Trinajstić information content (AvgIpc) is 3.30. The number of ether oxygens (including phenoxy) is 2. The average molecular weight is 578 g/mol. The maximum Gasteiger partial charge on any atom is 0.252 e. The fraction of sp³-hybridized carbons (Fsp3) is 0.290. The number of amides is 1. The van der Waals surface area contributed by atoms with E-state index in [0.29, 0.717) is 31.1 Å². The lowest BCUT2D eigenvalue weighted by Crippen LogP contribution is -2.50. The van der Waals surface area contributed by atoms with Crippen molar-refractivity contribution in [3.05, 3.63) is 106 Å². The van der Waals surface area contributed by atoms with Crippen LogP contribution in [0.25, 0.3) is 6.08 Å². The topological polar surface area (TPSA) is 80.2 Å². The molecule has 38 heavy (non-hydrogen) atoms. The van der Waals surface area contributed by atoms with Crippen LogP contribution in [0.5, 0.6) is 5.75 Å². The van der Waals surface area contributed by atoms with Crippen molar-refractivity contribution in [2.24, 2.45) is 4.99 Å². The van der Waals surface area contributed by atoms with E-state index in [1.807, 2.05) is 105 Å². The first-order valence-corrected chi connectivity index (χ1v) is 13.6. The van der Waals surface area contributed by atoms with Crippen LogP contribution in [0.3, 0.4) is 0 Å². The minimum absolute atomic E-state index is 0.0630. The summed E-state index contributed by atoms with van der Waals surface area (Å²) in [6.45, 7) is 4.39. The summed E-state index contributed by atoms with van der Waals surface area (Å²) in [5.74, 6) is 0.905. The number of nitrogens with one attached hydrogen (secondary N) is 1. The molecule has 6 nitrogen and oxygen atoms in total. The number of carbonyl (C=O) groups excluding carboxylic acids is 1. The molecule has 1 amide bonds. The van der Waals surface area contributed by atoms with E-state index < -0.39 is 11.6 Å². The van der Waals surface area contributed by atoms with Crippen LogP contribution < -0.4 is 10.1 Å². The molecule has 2 atom stereocenters. The second-order valence-corrected chi connectivity index (χ2v) is 10.3. The third kappa shape index (κ3) is 6.52. The molecule has 3 aromatic carbocycles. The van der Waals surface area contributed by atoms with E-state index in [-0.39, 0.29) is 18.6 Å². The normalized spacial score (nSPS) is 18.9. The minimum Gasteiger partial charge on any atom is -0.494 e. The Morgan fingerprint density at radius 2 is 1.82 bits per heavy atom. The van der Waals surface area contributed by atoms with E-state index in [4.69, 9.17) is 19.6 Å². The number of aliphatic imine (C=N–C) groups is 1. The lowest BCUT2D eigenvalue weighted by atomic mass is 9.84. The Bertz CT molecular complexity index is 1270. The summed E-state index contributed by atoms with van der Waals surface area (Å²) >= 11 is 3.66. The second-order valence-electron chi connectivity index (χ2n) is 9.46. The fourth-order valence-electron chi connectivity index (χ4n) is 4.31. The predicted octanol–water partition coefficient (Wildman–Crippen LogP) is 6.10. The number of halogens is 1. The molecule has 3 aromatic rings. The van der Waals surface area contributed by atoms with Crippen LogP contribution in [0.15, 0.2) is 94.4 Å². The first-order chi connectivity index (χ1) is 18.4. The quantitative estimate of drug-likeness (QED) is 0.270. The summed E-state index contributed by atoms with van der Waals surface area (Å²) in [5, 5.41) is 12.1. The van der Waals surface area contributed by atoms with Crippen LogP contribution in [0.1, 0.15) is 49.5 Å². The van der Waals surface area contributed by atoms with Crippen molar-refractivity contribution in [2.45, 2.75) is 44.4 Å². The van der Waals surface area contributed by atoms with Crippen LogP contribution in [0.4, 0.5) is 0 Å². The summed E-state index contributed by atoms with van der Waals surface area (Å²) in [6.07, 6.45) is 4.27. The van der Waals surface area contributed by atoms with Crippen molar-refractivity contribution < 1.29 is 19.4 Å². The molecule has 0 saturated heterocycles.